The number of benzene rings is 1. The molecule has 0 aliphatic heterocycles. The molecule has 0 saturated carbocycles. The number of hydrogen-bond donors (Lipinski definition) is 0. The number of rotatable bonds is 8. The predicted molar refractivity (Wildman–Crippen MR) is 103 cm³/mol. The first-order chi connectivity index (χ1) is 13.5. The SMILES string of the molecule is COc1cc(CN(C)Cn2c(-c3ccccn3)csc2=O)ccc1OC(F)F. The summed E-state index contributed by atoms with van der Waals surface area (Å²) in [5, 5.41) is 1.79. The standard InChI is InChI=1S/C19H19F2N3O3S/c1-23(10-13-6-7-16(27-18(20)21)17(9-13)26-2)12-24-15(11-28-19(24)25)14-5-3-4-8-22-14/h3-9,11,18H,10,12H2,1-2H3. The van der Waals surface area contributed by atoms with Gasteiger partial charge in [-0.25, -0.2) is 0 Å². The van der Waals surface area contributed by atoms with Crippen LogP contribution in [0.15, 0.2) is 52.8 Å². The van der Waals surface area contributed by atoms with Crippen molar-refractivity contribution in [3.8, 4) is 22.9 Å². The van der Waals surface area contributed by atoms with Crippen LogP contribution in [-0.2, 0) is 13.2 Å². The molecule has 0 spiro atoms. The van der Waals surface area contributed by atoms with Crippen LogP contribution in [0.25, 0.3) is 11.4 Å². The van der Waals surface area contributed by atoms with Gasteiger partial charge < -0.3 is 9.47 Å². The Kier molecular flexibility index (Phi) is 6.37. The molecule has 3 aromatic rings. The second-order valence-corrected chi connectivity index (χ2v) is 6.87. The fourth-order valence-corrected chi connectivity index (χ4v) is 3.53. The summed E-state index contributed by atoms with van der Waals surface area (Å²) in [4.78, 5) is 18.4. The smallest absolute Gasteiger partial charge is 0.387 e. The molecule has 0 amide bonds. The van der Waals surface area contributed by atoms with E-state index in [0.29, 0.717) is 13.2 Å². The molecule has 0 aliphatic carbocycles. The second kappa shape index (κ2) is 8.94. The van der Waals surface area contributed by atoms with Gasteiger partial charge in [0.1, 0.15) is 0 Å². The number of halogens is 2. The van der Waals surface area contributed by atoms with Crippen molar-refractivity contribution < 1.29 is 18.3 Å². The van der Waals surface area contributed by atoms with Gasteiger partial charge in [-0.15, -0.1) is 0 Å². The van der Waals surface area contributed by atoms with Crippen molar-refractivity contribution in [2.75, 3.05) is 14.2 Å². The van der Waals surface area contributed by atoms with Crippen molar-refractivity contribution in [1.29, 1.82) is 0 Å². The summed E-state index contributed by atoms with van der Waals surface area (Å²) < 4.78 is 36.1. The molecule has 148 valence electrons. The average Bonchev–Trinajstić information content (AvgIpc) is 3.03. The first-order valence-corrected chi connectivity index (χ1v) is 9.26. The molecule has 2 aromatic heterocycles. The number of aromatic nitrogens is 2. The molecule has 28 heavy (non-hydrogen) atoms. The van der Waals surface area contributed by atoms with Crippen LogP contribution in [0.2, 0.25) is 0 Å². The minimum absolute atomic E-state index is 0.0182. The van der Waals surface area contributed by atoms with Gasteiger partial charge in [0, 0.05) is 18.1 Å². The number of ether oxygens (including phenoxy) is 2. The van der Waals surface area contributed by atoms with E-state index in [-0.39, 0.29) is 16.4 Å². The molecule has 0 N–H and O–H groups in total. The van der Waals surface area contributed by atoms with Crippen molar-refractivity contribution in [3.63, 3.8) is 0 Å². The van der Waals surface area contributed by atoms with Crippen LogP contribution in [0.4, 0.5) is 8.78 Å². The van der Waals surface area contributed by atoms with Gasteiger partial charge in [0.25, 0.3) is 0 Å². The number of thiazole rings is 1. The molecule has 0 aliphatic rings. The Hall–Kier alpha value is -2.78. The Morgan fingerprint density at radius 1 is 1.25 bits per heavy atom. The zero-order valence-corrected chi connectivity index (χ0v) is 16.2. The summed E-state index contributed by atoms with van der Waals surface area (Å²) in [6, 6.07) is 10.3. The van der Waals surface area contributed by atoms with Gasteiger partial charge in [-0.2, -0.15) is 8.78 Å². The lowest BCUT2D eigenvalue weighted by atomic mass is 10.2. The first-order valence-electron chi connectivity index (χ1n) is 8.38. The largest absolute Gasteiger partial charge is 0.493 e. The van der Waals surface area contributed by atoms with Gasteiger partial charge in [0.2, 0.25) is 0 Å². The fraction of sp³-hybridized carbons (Fsp3) is 0.263. The van der Waals surface area contributed by atoms with Crippen LogP contribution in [0.1, 0.15) is 5.56 Å². The zero-order chi connectivity index (χ0) is 20.1. The summed E-state index contributed by atoms with van der Waals surface area (Å²) in [6.45, 7) is -2.08. The molecular formula is C19H19F2N3O3S. The molecule has 9 heteroatoms. The molecule has 0 radical (unpaired) electrons. The van der Waals surface area contributed by atoms with Crippen molar-refractivity contribution in [1.82, 2.24) is 14.5 Å². The molecule has 0 unspecified atom stereocenters. The number of nitrogens with zero attached hydrogens (tertiary/aromatic N) is 3. The third kappa shape index (κ3) is 4.73. The molecule has 6 nitrogen and oxygen atoms in total. The topological polar surface area (TPSA) is 56.6 Å². The highest BCUT2D eigenvalue weighted by Crippen LogP contribution is 2.30. The fourth-order valence-electron chi connectivity index (χ4n) is 2.79. The maximum absolute atomic E-state index is 12.5. The maximum atomic E-state index is 12.5. The highest BCUT2D eigenvalue weighted by molar-refractivity contribution is 7.07. The minimum Gasteiger partial charge on any atom is -0.493 e. The Labute approximate surface area is 164 Å². The quantitative estimate of drug-likeness (QED) is 0.570. The van der Waals surface area contributed by atoms with E-state index in [0.717, 1.165) is 28.3 Å². The number of methoxy groups -OCH3 is 1. The summed E-state index contributed by atoms with van der Waals surface area (Å²) >= 11 is 1.12. The van der Waals surface area contributed by atoms with Gasteiger partial charge in [0.05, 0.1) is 25.2 Å². The van der Waals surface area contributed by atoms with Crippen molar-refractivity contribution in [2.24, 2.45) is 0 Å². The molecule has 0 fully saturated rings. The number of pyridine rings is 1. The summed E-state index contributed by atoms with van der Waals surface area (Å²) in [5.74, 6) is 0.212. The Bertz CT molecular complexity index is 976. The molecule has 2 heterocycles. The minimum atomic E-state index is -2.92. The van der Waals surface area contributed by atoms with Gasteiger partial charge >= 0.3 is 11.5 Å². The van der Waals surface area contributed by atoms with E-state index in [1.54, 1.807) is 28.3 Å². The lowest BCUT2D eigenvalue weighted by Crippen LogP contribution is -2.27. The van der Waals surface area contributed by atoms with Crippen LogP contribution in [0.5, 0.6) is 11.5 Å². The Balaban J connectivity index is 1.76. The first kappa shape index (κ1) is 20.0. The van der Waals surface area contributed by atoms with E-state index in [1.807, 2.05) is 30.1 Å². The Morgan fingerprint density at radius 3 is 2.75 bits per heavy atom. The van der Waals surface area contributed by atoms with Crippen molar-refractivity contribution in [3.05, 3.63) is 63.2 Å². The van der Waals surface area contributed by atoms with Gasteiger partial charge in [-0.1, -0.05) is 23.5 Å². The predicted octanol–water partition coefficient (Wildman–Crippen LogP) is 3.67. The number of alkyl halides is 2. The lowest BCUT2D eigenvalue weighted by molar-refractivity contribution is -0.0512. The Morgan fingerprint density at radius 2 is 2.07 bits per heavy atom. The molecule has 0 bridgehead atoms. The summed E-state index contributed by atoms with van der Waals surface area (Å²) in [7, 11) is 3.26. The molecular weight excluding hydrogens is 388 g/mol. The normalized spacial score (nSPS) is 11.2. The summed E-state index contributed by atoms with van der Waals surface area (Å²) in [5.41, 5.74) is 2.31. The van der Waals surface area contributed by atoms with E-state index >= 15 is 0 Å². The highest BCUT2D eigenvalue weighted by Gasteiger charge is 2.14. The van der Waals surface area contributed by atoms with E-state index in [9.17, 15) is 13.6 Å². The molecule has 0 saturated heterocycles. The van der Waals surface area contributed by atoms with Crippen LogP contribution in [0.3, 0.4) is 0 Å². The van der Waals surface area contributed by atoms with E-state index < -0.39 is 6.61 Å². The van der Waals surface area contributed by atoms with Crippen LogP contribution in [0, 0.1) is 0 Å². The lowest BCUT2D eigenvalue weighted by Gasteiger charge is -2.19. The van der Waals surface area contributed by atoms with E-state index in [1.165, 1.54) is 13.2 Å². The summed E-state index contributed by atoms with van der Waals surface area (Å²) in [6.07, 6.45) is 1.68. The average molecular weight is 407 g/mol. The van der Waals surface area contributed by atoms with Crippen LogP contribution in [-0.4, -0.2) is 35.2 Å². The van der Waals surface area contributed by atoms with Gasteiger partial charge in [0.15, 0.2) is 11.5 Å². The van der Waals surface area contributed by atoms with Crippen LogP contribution >= 0.6 is 11.3 Å². The molecule has 1 aromatic carbocycles. The van der Waals surface area contributed by atoms with Crippen LogP contribution < -0.4 is 14.3 Å². The van der Waals surface area contributed by atoms with Crippen molar-refractivity contribution in [2.45, 2.75) is 19.8 Å². The van der Waals surface area contributed by atoms with E-state index in [4.69, 9.17) is 4.74 Å². The van der Waals surface area contributed by atoms with Crippen molar-refractivity contribution >= 4 is 11.3 Å². The molecule has 3 rings (SSSR count). The molecule has 0 atom stereocenters. The van der Waals surface area contributed by atoms with Gasteiger partial charge in [-0.05, 0) is 36.9 Å². The zero-order valence-electron chi connectivity index (χ0n) is 15.3. The second-order valence-electron chi connectivity index (χ2n) is 6.05. The maximum Gasteiger partial charge on any atom is 0.387 e. The third-order valence-electron chi connectivity index (χ3n) is 3.99. The highest BCUT2D eigenvalue weighted by atomic mass is 32.1. The third-order valence-corrected chi connectivity index (χ3v) is 4.75. The van der Waals surface area contributed by atoms with E-state index in [2.05, 4.69) is 9.72 Å². The monoisotopic (exact) mass is 407 g/mol. The van der Waals surface area contributed by atoms with Gasteiger partial charge in [-0.3, -0.25) is 19.2 Å². The number of hydrogen-bond acceptors (Lipinski definition) is 6.